The molecule has 106 valence electrons. The zero-order valence-corrected chi connectivity index (χ0v) is 12.2. The van der Waals surface area contributed by atoms with E-state index in [4.69, 9.17) is 16.3 Å². The van der Waals surface area contributed by atoms with E-state index in [1.807, 2.05) is 31.2 Å². The maximum absolute atomic E-state index is 11.7. The van der Waals surface area contributed by atoms with Gasteiger partial charge < -0.3 is 4.74 Å². The molecular weight excluding hydrogens is 278 g/mol. The van der Waals surface area contributed by atoms with Crippen molar-refractivity contribution in [3.63, 3.8) is 0 Å². The van der Waals surface area contributed by atoms with Gasteiger partial charge in [-0.2, -0.15) is 0 Å². The van der Waals surface area contributed by atoms with Crippen molar-refractivity contribution in [2.75, 3.05) is 7.11 Å². The number of hydrogen-bond acceptors (Lipinski definition) is 4. The molecule has 0 bridgehead atoms. The molecule has 2 aromatic rings. The third-order valence-electron chi connectivity index (χ3n) is 2.92. The van der Waals surface area contributed by atoms with Gasteiger partial charge >= 0.3 is 5.97 Å². The lowest BCUT2D eigenvalue weighted by Crippen LogP contribution is -2.10. The van der Waals surface area contributed by atoms with E-state index in [1.54, 1.807) is 4.68 Å². The summed E-state index contributed by atoms with van der Waals surface area (Å²) in [5.41, 5.74) is 2.09. The van der Waals surface area contributed by atoms with Crippen molar-refractivity contribution < 1.29 is 9.53 Å². The molecule has 0 atom stereocenters. The van der Waals surface area contributed by atoms with E-state index >= 15 is 0 Å². The molecule has 1 aromatic carbocycles. The molecule has 0 amide bonds. The van der Waals surface area contributed by atoms with Crippen molar-refractivity contribution >= 4 is 17.6 Å². The topological polar surface area (TPSA) is 57.0 Å². The van der Waals surface area contributed by atoms with E-state index in [-0.39, 0.29) is 5.69 Å². The van der Waals surface area contributed by atoms with Gasteiger partial charge in [-0.05, 0) is 24.1 Å². The van der Waals surface area contributed by atoms with Crippen LogP contribution in [-0.2, 0) is 17.7 Å². The van der Waals surface area contributed by atoms with Gasteiger partial charge in [0.2, 0.25) is 0 Å². The summed E-state index contributed by atoms with van der Waals surface area (Å²) >= 11 is 5.97. The van der Waals surface area contributed by atoms with Crippen LogP contribution < -0.4 is 0 Å². The number of hydrogen-bond donors (Lipinski definition) is 0. The number of ether oxygens (including phenoxy) is 1. The first kappa shape index (κ1) is 14.5. The summed E-state index contributed by atoms with van der Waals surface area (Å²) in [5, 5.41) is 8.65. The van der Waals surface area contributed by atoms with Gasteiger partial charge in [0.1, 0.15) is 0 Å². The third kappa shape index (κ3) is 3.17. The highest BCUT2D eigenvalue weighted by atomic mass is 35.5. The van der Waals surface area contributed by atoms with Crippen molar-refractivity contribution in [3.05, 3.63) is 46.2 Å². The number of esters is 1. The maximum atomic E-state index is 11.7. The zero-order chi connectivity index (χ0) is 14.5. The minimum absolute atomic E-state index is 0.288. The zero-order valence-electron chi connectivity index (χ0n) is 11.5. The highest BCUT2D eigenvalue weighted by molar-refractivity contribution is 6.30. The Kier molecular flexibility index (Phi) is 4.74. The quantitative estimate of drug-likeness (QED) is 0.795. The normalized spacial score (nSPS) is 10.6. The number of rotatable bonds is 5. The molecule has 0 aliphatic carbocycles. The predicted molar refractivity (Wildman–Crippen MR) is 75.9 cm³/mol. The van der Waals surface area contributed by atoms with Crippen molar-refractivity contribution in [1.82, 2.24) is 15.0 Å². The summed E-state index contributed by atoms with van der Waals surface area (Å²) in [6.07, 6.45) is 1.62. The van der Waals surface area contributed by atoms with Crippen LogP contribution in [0.3, 0.4) is 0 Å². The second kappa shape index (κ2) is 6.52. The van der Waals surface area contributed by atoms with E-state index < -0.39 is 5.97 Å². The predicted octanol–water partition coefficient (Wildman–Crippen LogP) is 2.72. The first-order valence-corrected chi connectivity index (χ1v) is 6.78. The molecule has 1 aromatic heterocycles. The molecule has 6 heteroatoms. The van der Waals surface area contributed by atoms with E-state index in [0.29, 0.717) is 11.6 Å². The van der Waals surface area contributed by atoms with Crippen LogP contribution >= 0.6 is 11.6 Å². The molecule has 0 N–H and O–H groups in total. The smallest absolute Gasteiger partial charge is 0.360 e. The van der Waals surface area contributed by atoms with E-state index in [0.717, 1.165) is 24.1 Å². The Labute approximate surface area is 122 Å². The van der Waals surface area contributed by atoms with Crippen molar-refractivity contribution in [2.24, 2.45) is 0 Å². The van der Waals surface area contributed by atoms with Gasteiger partial charge in [0.25, 0.3) is 0 Å². The lowest BCUT2D eigenvalue weighted by Gasteiger charge is -2.07. The van der Waals surface area contributed by atoms with Crippen molar-refractivity contribution in [1.29, 1.82) is 0 Å². The van der Waals surface area contributed by atoms with E-state index in [2.05, 4.69) is 10.3 Å². The number of carbonyl (C=O) groups is 1. The molecule has 0 saturated carbocycles. The van der Waals surface area contributed by atoms with Gasteiger partial charge in [0.05, 0.1) is 19.3 Å². The standard InChI is InChI=1S/C14H16ClN3O2/c1-3-5-12-13(14(19)20-2)16-17-18(12)9-10-6-4-7-11(15)8-10/h4,6-8H,3,5,9H2,1-2H3. The van der Waals surface area contributed by atoms with Gasteiger partial charge in [-0.15, -0.1) is 5.10 Å². The first-order valence-electron chi connectivity index (χ1n) is 6.40. The van der Waals surface area contributed by atoms with Gasteiger partial charge in [0.15, 0.2) is 5.69 Å². The van der Waals surface area contributed by atoms with Gasteiger partial charge in [-0.25, -0.2) is 9.48 Å². The highest BCUT2D eigenvalue weighted by Crippen LogP contribution is 2.15. The number of carbonyl (C=O) groups excluding carboxylic acids is 1. The van der Waals surface area contributed by atoms with Crippen LogP contribution in [0.1, 0.15) is 35.1 Å². The Balaban J connectivity index is 2.31. The molecule has 2 rings (SSSR count). The molecule has 0 unspecified atom stereocenters. The molecule has 1 heterocycles. The van der Waals surface area contributed by atoms with Crippen LogP contribution in [0, 0.1) is 0 Å². The van der Waals surface area contributed by atoms with E-state index in [1.165, 1.54) is 7.11 Å². The molecule has 0 saturated heterocycles. The second-order valence-corrected chi connectivity index (χ2v) is 4.85. The second-order valence-electron chi connectivity index (χ2n) is 4.41. The van der Waals surface area contributed by atoms with Crippen LogP contribution in [0.5, 0.6) is 0 Å². The molecule has 0 aliphatic rings. The Morgan fingerprint density at radius 3 is 2.90 bits per heavy atom. The van der Waals surface area contributed by atoms with Crippen LogP contribution in [-0.4, -0.2) is 28.1 Å². The first-order chi connectivity index (χ1) is 9.65. The average molecular weight is 294 g/mol. The lowest BCUT2D eigenvalue weighted by molar-refractivity contribution is 0.0592. The van der Waals surface area contributed by atoms with Crippen molar-refractivity contribution in [2.45, 2.75) is 26.3 Å². The average Bonchev–Trinajstić information content (AvgIpc) is 2.82. The summed E-state index contributed by atoms with van der Waals surface area (Å²) in [7, 11) is 1.34. The maximum Gasteiger partial charge on any atom is 0.360 e. The fourth-order valence-corrected chi connectivity index (χ4v) is 2.22. The number of benzene rings is 1. The Bertz CT molecular complexity index is 610. The SMILES string of the molecule is CCCc1c(C(=O)OC)nnn1Cc1cccc(Cl)c1. The lowest BCUT2D eigenvalue weighted by atomic mass is 10.2. The fourth-order valence-electron chi connectivity index (χ4n) is 2.01. The summed E-state index contributed by atoms with van der Waals surface area (Å²) in [6.45, 7) is 2.57. The fraction of sp³-hybridized carbons (Fsp3) is 0.357. The van der Waals surface area contributed by atoms with Crippen LogP contribution in [0.15, 0.2) is 24.3 Å². The molecule has 0 fully saturated rings. The minimum Gasteiger partial charge on any atom is -0.464 e. The molecule has 5 nitrogen and oxygen atoms in total. The van der Waals surface area contributed by atoms with Crippen LogP contribution in [0.2, 0.25) is 5.02 Å². The third-order valence-corrected chi connectivity index (χ3v) is 3.16. The number of aromatic nitrogens is 3. The largest absolute Gasteiger partial charge is 0.464 e. The molecule has 20 heavy (non-hydrogen) atoms. The molecule has 0 radical (unpaired) electrons. The molecular formula is C14H16ClN3O2. The van der Waals surface area contributed by atoms with Crippen LogP contribution in [0.4, 0.5) is 0 Å². The Hall–Kier alpha value is -1.88. The Morgan fingerprint density at radius 1 is 1.45 bits per heavy atom. The minimum atomic E-state index is -0.453. The van der Waals surface area contributed by atoms with Gasteiger partial charge in [0, 0.05) is 5.02 Å². The Morgan fingerprint density at radius 2 is 2.25 bits per heavy atom. The number of nitrogens with zero attached hydrogens (tertiary/aromatic N) is 3. The van der Waals surface area contributed by atoms with Crippen LogP contribution in [0.25, 0.3) is 0 Å². The number of methoxy groups -OCH3 is 1. The molecule has 0 spiro atoms. The van der Waals surface area contributed by atoms with E-state index in [9.17, 15) is 4.79 Å². The monoisotopic (exact) mass is 293 g/mol. The highest BCUT2D eigenvalue weighted by Gasteiger charge is 2.19. The summed E-state index contributed by atoms with van der Waals surface area (Å²) < 4.78 is 6.45. The summed E-state index contributed by atoms with van der Waals surface area (Å²) in [6, 6.07) is 7.53. The molecule has 0 aliphatic heterocycles. The number of halogens is 1. The van der Waals surface area contributed by atoms with Gasteiger partial charge in [-0.3, -0.25) is 0 Å². The summed E-state index contributed by atoms with van der Waals surface area (Å²) in [5.74, 6) is -0.453. The van der Waals surface area contributed by atoms with Gasteiger partial charge in [-0.1, -0.05) is 42.3 Å². The summed E-state index contributed by atoms with van der Waals surface area (Å²) in [4.78, 5) is 11.7. The van der Waals surface area contributed by atoms with Crippen molar-refractivity contribution in [3.8, 4) is 0 Å².